The average molecular weight is 464 g/mol. The van der Waals surface area contributed by atoms with E-state index in [1.54, 1.807) is 25.5 Å². The number of pyridine rings is 1. The second-order valence-electron chi connectivity index (χ2n) is 7.98. The van der Waals surface area contributed by atoms with Crippen LogP contribution in [0.4, 0.5) is 13.6 Å². The van der Waals surface area contributed by atoms with Gasteiger partial charge in [0.1, 0.15) is 17.6 Å². The van der Waals surface area contributed by atoms with Crippen molar-refractivity contribution >= 4 is 12.2 Å². The number of aromatic nitrogens is 4. The number of aryl methyl sites for hydroxylation is 1. The second kappa shape index (κ2) is 8.51. The van der Waals surface area contributed by atoms with Crippen LogP contribution in [0.5, 0.6) is 5.75 Å². The van der Waals surface area contributed by atoms with E-state index in [0.29, 0.717) is 23.4 Å². The molecule has 0 radical (unpaired) electrons. The van der Waals surface area contributed by atoms with Gasteiger partial charge in [0, 0.05) is 25.7 Å². The molecule has 172 valence electrons. The van der Waals surface area contributed by atoms with Crippen molar-refractivity contribution in [3.8, 4) is 23.2 Å². The molecule has 1 aromatic carbocycles. The van der Waals surface area contributed by atoms with Gasteiger partial charge < -0.3 is 9.64 Å². The maximum Gasteiger partial charge on any atom is 0.341 e. The lowest BCUT2D eigenvalue weighted by atomic mass is 10.0. The maximum absolute atomic E-state index is 14.3. The van der Waals surface area contributed by atoms with Crippen LogP contribution in [-0.4, -0.2) is 61.3 Å². The first-order valence-electron chi connectivity index (χ1n) is 10.4. The lowest BCUT2D eigenvalue weighted by Gasteiger charge is -2.41. The molecule has 1 atom stereocenters. The van der Waals surface area contributed by atoms with Crippen LogP contribution in [0.3, 0.4) is 0 Å². The number of ether oxygens (including phenoxy) is 1. The smallest absolute Gasteiger partial charge is 0.341 e. The highest BCUT2D eigenvalue weighted by Crippen LogP contribution is 2.32. The van der Waals surface area contributed by atoms with E-state index in [1.165, 1.54) is 26.7 Å². The number of nitriles is 1. The Morgan fingerprint density at radius 2 is 2.03 bits per heavy atom. The van der Waals surface area contributed by atoms with Gasteiger partial charge in [-0.2, -0.15) is 10.4 Å². The lowest BCUT2D eigenvalue weighted by Crippen LogP contribution is -2.58. The molecule has 34 heavy (non-hydrogen) atoms. The number of urea groups is 1. The molecule has 0 unspecified atom stereocenters. The molecular formula is C22H18F2N8O2. The van der Waals surface area contributed by atoms with E-state index in [-0.39, 0.29) is 30.4 Å². The summed E-state index contributed by atoms with van der Waals surface area (Å²) in [5, 5.41) is 22.3. The minimum Gasteiger partial charge on any atom is -0.483 e. The zero-order valence-electron chi connectivity index (χ0n) is 18.0. The van der Waals surface area contributed by atoms with Gasteiger partial charge in [0.15, 0.2) is 11.6 Å². The molecule has 2 aliphatic heterocycles. The van der Waals surface area contributed by atoms with Crippen molar-refractivity contribution in [3.63, 3.8) is 0 Å². The van der Waals surface area contributed by atoms with E-state index >= 15 is 0 Å². The molecule has 0 bridgehead atoms. The molecule has 0 saturated carbocycles. The van der Waals surface area contributed by atoms with Gasteiger partial charge in [-0.25, -0.2) is 18.6 Å². The monoisotopic (exact) mass is 464 g/mol. The molecule has 0 N–H and O–H groups in total. The van der Waals surface area contributed by atoms with Gasteiger partial charge in [-0.3, -0.25) is 9.67 Å². The quantitative estimate of drug-likeness (QED) is 0.587. The zero-order chi connectivity index (χ0) is 23.8. The standard InChI is InChI=1S/C22H18F2N8O2/c1-30-12-19(28-29-30)18-7-21(17(24)9-26-18)34-16-10-31(11-16)22(33)32-20(2-3-27-32)14-4-13(8-25)5-15(23)6-14/h3-7,9,12,16,20H,2,10-11H2,1H3/t20-/m0/s1. The van der Waals surface area contributed by atoms with Gasteiger partial charge in [-0.05, 0) is 23.8 Å². The molecular weight excluding hydrogens is 446 g/mol. The highest BCUT2D eigenvalue weighted by molar-refractivity contribution is 5.79. The van der Waals surface area contributed by atoms with E-state index in [9.17, 15) is 13.6 Å². The fourth-order valence-electron chi connectivity index (χ4n) is 3.85. The van der Waals surface area contributed by atoms with Crippen LogP contribution in [-0.2, 0) is 7.05 Å². The SMILES string of the molecule is Cn1cc(-c2cc(OC3CN(C(=O)N4N=CC[C@H]4c4cc(F)cc(C#N)c4)C3)c(F)cn2)nn1. The molecule has 10 nitrogen and oxygen atoms in total. The van der Waals surface area contributed by atoms with Gasteiger partial charge in [0.05, 0.1) is 48.9 Å². The first-order valence-corrected chi connectivity index (χ1v) is 10.4. The summed E-state index contributed by atoms with van der Waals surface area (Å²) in [6.45, 7) is 0.457. The van der Waals surface area contributed by atoms with E-state index in [1.807, 2.05) is 6.07 Å². The number of carbonyl (C=O) groups excluding carboxylic acids is 1. The molecule has 12 heteroatoms. The van der Waals surface area contributed by atoms with E-state index < -0.39 is 23.8 Å². The third kappa shape index (κ3) is 4.03. The van der Waals surface area contributed by atoms with Gasteiger partial charge >= 0.3 is 6.03 Å². The molecule has 5 rings (SSSR count). The zero-order valence-corrected chi connectivity index (χ0v) is 18.0. The van der Waals surface area contributed by atoms with Crippen molar-refractivity contribution in [2.45, 2.75) is 18.6 Å². The van der Waals surface area contributed by atoms with Gasteiger partial charge in [0.2, 0.25) is 0 Å². The van der Waals surface area contributed by atoms with E-state index in [0.717, 1.165) is 12.3 Å². The molecule has 0 spiro atoms. The summed E-state index contributed by atoms with van der Waals surface area (Å²) < 4.78 is 35.4. The summed E-state index contributed by atoms with van der Waals surface area (Å²) in [4.78, 5) is 18.5. The third-order valence-electron chi connectivity index (χ3n) is 5.56. The molecule has 2 aliphatic rings. The number of hydrogen-bond acceptors (Lipinski definition) is 7. The molecule has 1 fully saturated rings. The number of likely N-dealkylation sites (tertiary alicyclic amines) is 1. The summed E-state index contributed by atoms with van der Waals surface area (Å²) in [5.41, 5.74) is 1.56. The van der Waals surface area contributed by atoms with Crippen molar-refractivity contribution in [1.29, 1.82) is 5.26 Å². The Morgan fingerprint density at radius 1 is 1.21 bits per heavy atom. The average Bonchev–Trinajstić information content (AvgIpc) is 3.45. The first kappa shape index (κ1) is 21.4. The van der Waals surface area contributed by atoms with E-state index in [4.69, 9.17) is 10.00 Å². The number of amides is 2. The van der Waals surface area contributed by atoms with Gasteiger partial charge in [-0.15, -0.1) is 5.10 Å². The van der Waals surface area contributed by atoms with Crippen LogP contribution < -0.4 is 4.74 Å². The number of carbonyl (C=O) groups is 1. The molecule has 2 amide bonds. The summed E-state index contributed by atoms with van der Waals surface area (Å²) >= 11 is 0. The molecule has 1 saturated heterocycles. The normalized spacial score (nSPS) is 17.5. The minimum atomic E-state index is -0.624. The fourth-order valence-corrected chi connectivity index (χ4v) is 3.85. The van der Waals surface area contributed by atoms with Crippen LogP contribution in [0.15, 0.2) is 41.8 Å². The highest BCUT2D eigenvalue weighted by atomic mass is 19.1. The van der Waals surface area contributed by atoms with E-state index in [2.05, 4.69) is 20.4 Å². The maximum atomic E-state index is 14.3. The third-order valence-corrected chi connectivity index (χ3v) is 5.56. The van der Waals surface area contributed by atoms with Crippen molar-refractivity contribution in [1.82, 2.24) is 29.9 Å². The number of halogens is 2. The molecule has 4 heterocycles. The first-order chi connectivity index (χ1) is 16.4. The second-order valence-corrected chi connectivity index (χ2v) is 7.98. The number of hydrogen-bond donors (Lipinski definition) is 0. The predicted molar refractivity (Wildman–Crippen MR) is 114 cm³/mol. The van der Waals surface area contributed by atoms with Crippen molar-refractivity contribution in [2.75, 3.05) is 13.1 Å². The topological polar surface area (TPSA) is 113 Å². The van der Waals surface area contributed by atoms with Crippen molar-refractivity contribution in [2.24, 2.45) is 12.1 Å². The lowest BCUT2D eigenvalue weighted by molar-refractivity contribution is 0.0257. The van der Waals surface area contributed by atoms with Crippen LogP contribution in [0.2, 0.25) is 0 Å². The summed E-state index contributed by atoms with van der Waals surface area (Å²) in [7, 11) is 1.71. The highest BCUT2D eigenvalue weighted by Gasteiger charge is 2.39. The van der Waals surface area contributed by atoms with Gasteiger partial charge in [0.25, 0.3) is 0 Å². The Balaban J connectivity index is 1.24. The number of rotatable bonds is 4. The van der Waals surface area contributed by atoms with Crippen molar-refractivity contribution < 1.29 is 18.3 Å². The van der Waals surface area contributed by atoms with Crippen molar-refractivity contribution in [3.05, 3.63) is 59.4 Å². The van der Waals surface area contributed by atoms with Crippen LogP contribution in [0.25, 0.3) is 11.4 Å². The Kier molecular flexibility index (Phi) is 5.37. The number of benzene rings is 1. The summed E-state index contributed by atoms with van der Waals surface area (Å²) in [6, 6.07) is 6.45. The minimum absolute atomic E-state index is 0.00798. The Bertz CT molecular complexity index is 1330. The van der Waals surface area contributed by atoms with Gasteiger partial charge in [-0.1, -0.05) is 5.21 Å². The van der Waals surface area contributed by atoms with Crippen LogP contribution in [0.1, 0.15) is 23.6 Å². The molecule has 2 aromatic heterocycles. The Hall–Kier alpha value is -4.40. The predicted octanol–water partition coefficient (Wildman–Crippen LogP) is 2.64. The molecule has 3 aromatic rings. The fraction of sp³-hybridized carbons (Fsp3) is 0.273. The Labute approximate surface area is 192 Å². The Morgan fingerprint density at radius 3 is 2.76 bits per heavy atom. The number of nitrogens with zero attached hydrogens (tertiary/aromatic N) is 8. The number of hydrazone groups is 1. The van der Waals surface area contributed by atoms with Crippen LogP contribution in [0, 0.1) is 23.0 Å². The van der Waals surface area contributed by atoms with Crippen LogP contribution >= 0.6 is 0 Å². The largest absolute Gasteiger partial charge is 0.483 e. The summed E-state index contributed by atoms with van der Waals surface area (Å²) in [5.74, 6) is -1.17. The molecule has 0 aliphatic carbocycles. The summed E-state index contributed by atoms with van der Waals surface area (Å²) in [6.07, 6.45) is 4.27.